The van der Waals surface area contributed by atoms with Crippen molar-refractivity contribution in [2.75, 3.05) is 37.6 Å². The second-order valence-electron chi connectivity index (χ2n) is 4.03. The molecule has 1 aliphatic heterocycles. The summed E-state index contributed by atoms with van der Waals surface area (Å²) in [6.07, 6.45) is 1.71. The minimum absolute atomic E-state index is 0.320. The summed E-state index contributed by atoms with van der Waals surface area (Å²) in [5.74, 6) is 0.728. The van der Waals surface area contributed by atoms with Gasteiger partial charge in [-0.25, -0.2) is 9.97 Å². The fourth-order valence-corrected chi connectivity index (χ4v) is 2.02. The van der Waals surface area contributed by atoms with E-state index in [2.05, 4.69) is 26.7 Å². The first-order chi connectivity index (χ1) is 8.20. The van der Waals surface area contributed by atoms with Crippen LogP contribution in [-0.4, -0.2) is 52.6 Å². The van der Waals surface area contributed by atoms with Crippen molar-refractivity contribution >= 4 is 23.2 Å². The van der Waals surface area contributed by atoms with E-state index in [9.17, 15) is 0 Å². The van der Waals surface area contributed by atoms with Crippen LogP contribution in [0.3, 0.4) is 0 Å². The number of thiocarbonyl (C=S) groups is 1. The van der Waals surface area contributed by atoms with Gasteiger partial charge < -0.3 is 15.5 Å². The molecule has 0 spiro atoms. The fourth-order valence-electron chi connectivity index (χ4n) is 1.90. The van der Waals surface area contributed by atoms with Crippen LogP contribution in [-0.2, 0) is 0 Å². The number of rotatable bonds is 3. The van der Waals surface area contributed by atoms with E-state index < -0.39 is 0 Å². The third-order valence-corrected chi connectivity index (χ3v) is 3.21. The first kappa shape index (κ1) is 12.2. The number of hydrogen-bond acceptors (Lipinski definition) is 5. The maximum Gasteiger partial charge on any atom is 0.226 e. The first-order valence-corrected chi connectivity index (χ1v) is 6.21. The van der Waals surface area contributed by atoms with Crippen molar-refractivity contribution in [3.8, 4) is 0 Å². The van der Waals surface area contributed by atoms with Crippen molar-refractivity contribution in [3.63, 3.8) is 0 Å². The molecule has 0 saturated carbocycles. The fraction of sp³-hybridized carbons (Fsp3) is 0.545. The van der Waals surface area contributed by atoms with Crippen LogP contribution in [0.2, 0.25) is 0 Å². The van der Waals surface area contributed by atoms with Gasteiger partial charge in [0.2, 0.25) is 5.95 Å². The standard InChI is InChI=1S/C11H17N5S/c1-2-15-5-7-16(8-6-15)11-13-4-3-9(14-11)10(12)17/h3-4H,2,5-8H2,1H3,(H2,12,17). The Morgan fingerprint density at radius 2 is 2.12 bits per heavy atom. The smallest absolute Gasteiger partial charge is 0.226 e. The van der Waals surface area contributed by atoms with E-state index in [-0.39, 0.29) is 0 Å². The lowest BCUT2D eigenvalue weighted by Gasteiger charge is -2.34. The SMILES string of the molecule is CCN1CCN(c2nccc(C(N)=S)n2)CC1. The van der Waals surface area contributed by atoms with Crippen LogP contribution < -0.4 is 10.6 Å². The summed E-state index contributed by atoms with van der Waals surface area (Å²) in [5, 5.41) is 0. The molecule has 0 radical (unpaired) electrons. The first-order valence-electron chi connectivity index (χ1n) is 5.81. The number of nitrogens with zero attached hydrogens (tertiary/aromatic N) is 4. The van der Waals surface area contributed by atoms with Crippen LogP contribution in [0.5, 0.6) is 0 Å². The number of likely N-dealkylation sites (N-methyl/N-ethyl adjacent to an activating group) is 1. The molecule has 1 aromatic heterocycles. The molecule has 0 aromatic carbocycles. The Bertz CT molecular complexity index is 401. The normalized spacial score (nSPS) is 17.1. The highest BCUT2D eigenvalue weighted by Crippen LogP contribution is 2.11. The Kier molecular flexibility index (Phi) is 3.86. The lowest BCUT2D eigenvalue weighted by Crippen LogP contribution is -2.46. The maximum atomic E-state index is 5.57. The molecule has 6 heteroatoms. The summed E-state index contributed by atoms with van der Waals surface area (Å²) in [7, 11) is 0. The van der Waals surface area contributed by atoms with Crippen molar-refractivity contribution in [1.82, 2.24) is 14.9 Å². The third kappa shape index (κ3) is 2.89. The number of hydrogen-bond donors (Lipinski definition) is 1. The Hall–Kier alpha value is -1.27. The van der Waals surface area contributed by atoms with Gasteiger partial charge in [-0.1, -0.05) is 19.1 Å². The molecule has 2 rings (SSSR count). The monoisotopic (exact) mass is 251 g/mol. The van der Waals surface area contributed by atoms with Crippen molar-refractivity contribution in [2.24, 2.45) is 5.73 Å². The average Bonchev–Trinajstić information content (AvgIpc) is 2.39. The molecule has 2 heterocycles. The Balaban J connectivity index is 2.08. The zero-order valence-corrected chi connectivity index (χ0v) is 10.8. The summed E-state index contributed by atoms with van der Waals surface area (Å²) < 4.78 is 0. The largest absolute Gasteiger partial charge is 0.388 e. The molecule has 1 aliphatic rings. The van der Waals surface area contributed by atoms with Gasteiger partial charge in [-0.05, 0) is 12.6 Å². The molecule has 0 amide bonds. The van der Waals surface area contributed by atoms with Gasteiger partial charge in [-0.3, -0.25) is 0 Å². The van der Waals surface area contributed by atoms with Crippen molar-refractivity contribution in [1.29, 1.82) is 0 Å². The Morgan fingerprint density at radius 1 is 1.41 bits per heavy atom. The summed E-state index contributed by atoms with van der Waals surface area (Å²) in [6, 6.07) is 1.74. The predicted octanol–water partition coefficient (Wildman–Crippen LogP) is 0.253. The second-order valence-corrected chi connectivity index (χ2v) is 4.47. The van der Waals surface area contributed by atoms with Gasteiger partial charge in [0.1, 0.15) is 10.7 Å². The van der Waals surface area contributed by atoms with Gasteiger partial charge >= 0.3 is 0 Å². The molecule has 92 valence electrons. The lowest BCUT2D eigenvalue weighted by atomic mass is 10.3. The van der Waals surface area contributed by atoms with Crippen LogP contribution in [0.1, 0.15) is 12.6 Å². The molecule has 1 fully saturated rings. The molecule has 1 saturated heterocycles. The molecule has 1 aromatic rings. The summed E-state index contributed by atoms with van der Waals surface area (Å²) in [6.45, 7) is 7.29. The molecule has 0 unspecified atom stereocenters. The average molecular weight is 251 g/mol. The zero-order chi connectivity index (χ0) is 12.3. The highest BCUT2D eigenvalue weighted by atomic mass is 32.1. The zero-order valence-electron chi connectivity index (χ0n) is 9.96. The topological polar surface area (TPSA) is 58.3 Å². The maximum absolute atomic E-state index is 5.57. The van der Waals surface area contributed by atoms with E-state index in [0.717, 1.165) is 38.7 Å². The quantitative estimate of drug-likeness (QED) is 0.777. The summed E-state index contributed by atoms with van der Waals surface area (Å²) >= 11 is 4.92. The van der Waals surface area contributed by atoms with Crippen molar-refractivity contribution in [2.45, 2.75) is 6.92 Å². The third-order valence-electron chi connectivity index (χ3n) is 3.00. The van der Waals surface area contributed by atoms with Crippen molar-refractivity contribution < 1.29 is 0 Å². The van der Waals surface area contributed by atoms with Gasteiger partial charge in [-0.15, -0.1) is 0 Å². The van der Waals surface area contributed by atoms with Crippen molar-refractivity contribution in [3.05, 3.63) is 18.0 Å². The van der Waals surface area contributed by atoms with E-state index in [0.29, 0.717) is 10.7 Å². The molecular weight excluding hydrogens is 234 g/mol. The Labute approximate surface area is 107 Å². The van der Waals surface area contributed by atoms with E-state index in [1.165, 1.54) is 0 Å². The number of anilines is 1. The summed E-state index contributed by atoms with van der Waals surface area (Å²) in [4.78, 5) is 13.6. The van der Waals surface area contributed by atoms with Crippen LogP contribution >= 0.6 is 12.2 Å². The van der Waals surface area contributed by atoms with Gasteiger partial charge in [0.15, 0.2) is 0 Å². The van der Waals surface area contributed by atoms with Crippen LogP contribution in [0.25, 0.3) is 0 Å². The number of nitrogens with two attached hydrogens (primary N) is 1. The van der Waals surface area contributed by atoms with E-state index in [1.807, 2.05) is 0 Å². The van der Waals surface area contributed by atoms with Gasteiger partial charge in [0.05, 0.1) is 0 Å². The van der Waals surface area contributed by atoms with E-state index >= 15 is 0 Å². The van der Waals surface area contributed by atoms with Gasteiger partial charge in [0.25, 0.3) is 0 Å². The van der Waals surface area contributed by atoms with Gasteiger partial charge in [0, 0.05) is 32.4 Å². The molecule has 2 N–H and O–H groups in total. The second kappa shape index (κ2) is 5.37. The van der Waals surface area contributed by atoms with Crippen LogP contribution in [0.4, 0.5) is 5.95 Å². The summed E-state index contributed by atoms with van der Waals surface area (Å²) in [5.41, 5.74) is 6.21. The molecular formula is C11H17N5S. The van der Waals surface area contributed by atoms with E-state index in [1.54, 1.807) is 12.3 Å². The number of aromatic nitrogens is 2. The highest BCUT2D eigenvalue weighted by molar-refractivity contribution is 7.80. The minimum atomic E-state index is 0.320. The van der Waals surface area contributed by atoms with Crippen LogP contribution in [0, 0.1) is 0 Å². The Morgan fingerprint density at radius 3 is 2.71 bits per heavy atom. The van der Waals surface area contributed by atoms with Gasteiger partial charge in [-0.2, -0.15) is 0 Å². The molecule has 17 heavy (non-hydrogen) atoms. The number of piperazine rings is 1. The molecule has 5 nitrogen and oxygen atoms in total. The lowest BCUT2D eigenvalue weighted by molar-refractivity contribution is 0.270. The van der Waals surface area contributed by atoms with Crippen LogP contribution in [0.15, 0.2) is 12.3 Å². The molecule has 0 aliphatic carbocycles. The predicted molar refractivity (Wildman–Crippen MR) is 72.2 cm³/mol. The minimum Gasteiger partial charge on any atom is -0.388 e. The van der Waals surface area contributed by atoms with E-state index in [4.69, 9.17) is 18.0 Å². The highest BCUT2D eigenvalue weighted by Gasteiger charge is 2.17. The molecule has 0 atom stereocenters. The molecule has 0 bridgehead atoms.